The fourth-order valence-electron chi connectivity index (χ4n) is 5.62. The first-order valence-corrected chi connectivity index (χ1v) is 9.10. The second-order valence-electron chi connectivity index (χ2n) is 8.84. The van der Waals surface area contributed by atoms with Crippen molar-refractivity contribution in [2.45, 2.75) is 79.1 Å². The Morgan fingerprint density at radius 3 is 2.62 bits per heavy atom. The van der Waals surface area contributed by atoms with Crippen LogP contribution in [0.4, 0.5) is 0 Å². The van der Waals surface area contributed by atoms with Crippen LogP contribution in [0.5, 0.6) is 0 Å². The van der Waals surface area contributed by atoms with E-state index in [1.165, 1.54) is 50.5 Å². The number of aliphatic hydroxyl groups excluding tert-OH is 1. The molecule has 0 heterocycles. The smallest absolute Gasteiger partial charge is 0.0433 e. The SMILES string of the molecule is C=C1CC[C@@H]2C(C)(C)CCC[C@@]2(C)[C@@H]1CC[C@H](C)CCO. The molecule has 1 N–H and O–H groups in total. The van der Waals surface area contributed by atoms with E-state index in [2.05, 4.69) is 34.3 Å². The third kappa shape index (κ3) is 3.38. The molecule has 122 valence electrons. The van der Waals surface area contributed by atoms with Gasteiger partial charge >= 0.3 is 0 Å². The Labute approximate surface area is 132 Å². The van der Waals surface area contributed by atoms with Crippen molar-refractivity contribution in [1.29, 1.82) is 0 Å². The highest BCUT2D eigenvalue weighted by atomic mass is 16.3. The highest BCUT2D eigenvalue weighted by Gasteiger charge is 2.52. The van der Waals surface area contributed by atoms with Crippen molar-refractivity contribution in [1.82, 2.24) is 0 Å². The van der Waals surface area contributed by atoms with Crippen molar-refractivity contribution < 1.29 is 5.11 Å². The van der Waals surface area contributed by atoms with E-state index in [9.17, 15) is 0 Å². The summed E-state index contributed by atoms with van der Waals surface area (Å²) in [6.45, 7) is 14.6. The highest BCUT2D eigenvalue weighted by Crippen LogP contribution is 2.61. The first-order chi connectivity index (χ1) is 9.81. The van der Waals surface area contributed by atoms with Crippen LogP contribution in [0.15, 0.2) is 12.2 Å². The molecule has 2 aliphatic rings. The minimum Gasteiger partial charge on any atom is -0.396 e. The first-order valence-electron chi connectivity index (χ1n) is 9.10. The number of rotatable bonds is 5. The predicted octanol–water partition coefficient (Wildman–Crippen LogP) is 5.58. The van der Waals surface area contributed by atoms with Gasteiger partial charge in [-0.25, -0.2) is 0 Å². The van der Waals surface area contributed by atoms with E-state index in [0.29, 0.717) is 29.3 Å². The van der Waals surface area contributed by atoms with Crippen molar-refractivity contribution in [2.75, 3.05) is 6.61 Å². The van der Waals surface area contributed by atoms with Crippen molar-refractivity contribution in [3.8, 4) is 0 Å². The van der Waals surface area contributed by atoms with Gasteiger partial charge in [0, 0.05) is 6.61 Å². The summed E-state index contributed by atoms with van der Waals surface area (Å²) in [4.78, 5) is 0. The van der Waals surface area contributed by atoms with Crippen LogP contribution >= 0.6 is 0 Å². The van der Waals surface area contributed by atoms with Crippen LogP contribution < -0.4 is 0 Å². The van der Waals surface area contributed by atoms with Crippen molar-refractivity contribution in [3.05, 3.63) is 12.2 Å². The van der Waals surface area contributed by atoms with Gasteiger partial charge in [0.05, 0.1) is 0 Å². The molecule has 0 amide bonds. The third-order valence-corrected chi connectivity index (χ3v) is 6.89. The van der Waals surface area contributed by atoms with Gasteiger partial charge in [-0.2, -0.15) is 0 Å². The minimum atomic E-state index is 0.333. The lowest BCUT2D eigenvalue weighted by atomic mass is 9.47. The van der Waals surface area contributed by atoms with Crippen LogP contribution in [0.3, 0.4) is 0 Å². The average molecular weight is 293 g/mol. The van der Waals surface area contributed by atoms with Gasteiger partial charge in [-0.3, -0.25) is 0 Å². The van der Waals surface area contributed by atoms with Crippen molar-refractivity contribution >= 4 is 0 Å². The van der Waals surface area contributed by atoms with Gasteiger partial charge in [-0.1, -0.05) is 52.7 Å². The summed E-state index contributed by atoms with van der Waals surface area (Å²) in [7, 11) is 0. The Morgan fingerprint density at radius 1 is 1.24 bits per heavy atom. The quantitative estimate of drug-likeness (QED) is 0.655. The van der Waals surface area contributed by atoms with E-state index < -0.39 is 0 Å². The Balaban J connectivity index is 2.12. The number of hydrogen-bond acceptors (Lipinski definition) is 1. The molecule has 0 unspecified atom stereocenters. The van der Waals surface area contributed by atoms with Gasteiger partial charge in [-0.15, -0.1) is 0 Å². The van der Waals surface area contributed by atoms with Crippen LogP contribution in [-0.2, 0) is 0 Å². The number of aliphatic hydroxyl groups is 1. The second-order valence-corrected chi connectivity index (χ2v) is 8.84. The zero-order valence-corrected chi connectivity index (χ0v) is 14.8. The largest absolute Gasteiger partial charge is 0.396 e. The molecule has 0 radical (unpaired) electrons. The summed E-state index contributed by atoms with van der Waals surface area (Å²) in [6.07, 6.45) is 10.2. The maximum atomic E-state index is 9.11. The molecule has 4 atom stereocenters. The summed E-state index contributed by atoms with van der Waals surface area (Å²) in [5, 5.41) is 9.11. The summed E-state index contributed by atoms with van der Waals surface area (Å²) in [6, 6.07) is 0. The molecule has 2 fully saturated rings. The molecule has 1 heteroatoms. The fraction of sp³-hybridized carbons (Fsp3) is 0.900. The number of hydrogen-bond donors (Lipinski definition) is 1. The van der Waals surface area contributed by atoms with E-state index in [1.54, 1.807) is 0 Å². The maximum absolute atomic E-state index is 9.11. The summed E-state index contributed by atoms with van der Waals surface area (Å²) >= 11 is 0. The van der Waals surface area contributed by atoms with Gasteiger partial charge < -0.3 is 5.11 Å². The standard InChI is InChI=1S/C20H36O/c1-15(11-14-21)7-9-17-16(2)8-10-18-19(3,4)12-6-13-20(17,18)5/h15,17-18,21H,2,6-14H2,1,3-5H3/t15-,17+,18+,20-/m0/s1. The van der Waals surface area contributed by atoms with E-state index in [4.69, 9.17) is 5.11 Å². The van der Waals surface area contributed by atoms with Crippen LogP contribution in [0.1, 0.15) is 79.1 Å². The van der Waals surface area contributed by atoms with E-state index in [1.807, 2.05) is 0 Å². The Hall–Kier alpha value is -0.300. The summed E-state index contributed by atoms with van der Waals surface area (Å²) in [5.74, 6) is 2.21. The van der Waals surface area contributed by atoms with Crippen molar-refractivity contribution in [3.63, 3.8) is 0 Å². The minimum absolute atomic E-state index is 0.333. The monoisotopic (exact) mass is 292 g/mol. The van der Waals surface area contributed by atoms with Crippen LogP contribution in [0.2, 0.25) is 0 Å². The van der Waals surface area contributed by atoms with E-state index in [0.717, 1.165) is 12.3 Å². The zero-order valence-electron chi connectivity index (χ0n) is 14.8. The lowest BCUT2D eigenvalue weighted by Gasteiger charge is -2.58. The molecule has 2 saturated carbocycles. The molecule has 0 aromatic heterocycles. The molecule has 0 bridgehead atoms. The molecule has 2 rings (SSSR count). The third-order valence-electron chi connectivity index (χ3n) is 6.89. The van der Waals surface area contributed by atoms with Gasteiger partial charge in [0.25, 0.3) is 0 Å². The molecule has 0 aliphatic heterocycles. The average Bonchev–Trinajstić information content (AvgIpc) is 2.37. The molecule has 0 spiro atoms. The zero-order chi connectivity index (χ0) is 15.7. The number of allylic oxidation sites excluding steroid dienone is 1. The maximum Gasteiger partial charge on any atom is 0.0433 e. The van der Waals surface area contributed by atoms with Crippen molar-refractivity contribution in [2.24, 2.45) is 28.6 Å². The second kappa shape index (κ2) is 6.44. The summed E-state index contributed by atoms with van der Waals surface area (Å²) < 4.78 is 0. The van der Waals surface area contributed by atoms with E-state index in [-0.39, 0.29) is 0 Å². The fourth-order valence-corrected chi connectivity index (χ4v) is 5.62. The molecule has 1 nitrogen and oxygen atoms in total. The first kappa shape index (κ1) is 17.1. The van der Waals surface area contributed by atoms with Gasteiger partial charge in [0.15, 0.2) is 0 Å². The Bertz CT molecular complexity index is 370. The van der Waals surface area contributed by atoms with Gasteiger partial charge in [0.2, 0.25) is 0 Å². The van der Waals surface area contributed by atoms with Gasteiger partial charge in [-0.05, 0) is 67.1 Å². The van der Waals surface area contributed by atoms with Gasteiger partial charge in [0.1, 0.15) is 0 Å². The highest BCUT2D eigenvalue weighted by molar-refractivity contribution is 5.15. The molecular formula is C20H36O. The van der Waals surface area contributed by atoms with Crippen LogP contribution in [0, 0.1) is 28.6 Å². The summed E-state index contributed by atoms with van der Waals surface area (Å²) in [5.41, 5.74) is 2.49. The molecule has 0 saturated heterocycles. The molecule has 2 aliphatic carbocycles. The number of fused-ring (bicyclic) bond motifs is 1. The normalized spacial score (nSPS) is 37.1. The topological polar surface area (TPSA) is 20.2 Å². The van der Waals surface area contributed by atoms with Crippen LogP contribution in [-0.4, -0.2) is 11.7 Å². The van der Waals surface area contributed by atoms with E-state index >= 15 is 0 Å². The Morgan fingerprint density at radius 2 is 1.95 bits per heavy atom. The molecule has 0 aromatic carbocycles. The molecule has 0 aromatic rings. The lowest BCUT2D eigenvalue weighted by Crippen LogP contribution is -2.49. The Kier molecular flexibility index (Phi) is 5.23. The predicted molar refractivity (Wildman–Crippen MR) is 91.2 cm³/mol. The lowest BCUT2D eigenvalue weighted by molar-refractivity contribution is -0.0553. The molecular weight excluding hydrogens is 256 g/mol. The molecule has 21 heavy (non-hydrogen) atoms. The van der Waals surface area contributed by atoms with Crippen LogP contribution in [0.25, 0.3) is 0 Å².